The predicted octanol–water partition coefficient (Wildman–Crippen LogP) is 0.243. The highest BCUT2D eigenvalue weighted by Crippen LogP contribution is 1.98. The average molecular weight is 94.1 g/mol. The molecule has 1 N–H and O–H groups in total. The van der Waals surface area contributed by atoms with E-state index >= 15 is 0 Å². The molecule has 2 heteroatoms. The first-order chi connectivity index (χ1) is 3.43. The Bertz CT molecular complexity index is 121. The van der Waals surface area contributed by atoms with Crippen molar-refractivity contribution >= 4 is 0 Å². The minimum atomic E-state index is 0.111. The maximum absolute atomic E-state index is 8.22. The smallest absolute Gasteiger partial charge is 0.0832 e. The fourth-order valence-electron chi connectivity index (χ4n) is 0.536. The van der Waals surface area contributed by atoms with Crippen molar-refractivity contribution < 1.29 is 0 Å². The number of hydrogen-bond acceptors (Lipinski definition) is 2. The van der Waals surface area contributed by atoms with E-state index in [4.69, 9.17) is 5.26 Å². The number of rotatable bonds is 0. The van der Waals surface area contributed by atoms with Crippen molar-refractivity contribution in [1.29, 1.82) is 5.26 Å². The van der Waals surface area contributed by atoms with E-state index in [0.29, 0.717) is 0 Å². The number of hydrogen-bond donors (Lipinski definition) is 1. The lowest BCUT2D eigenvalue weighted by molar-refractivity contribution is 0.801. The van der Waals surface area contributed by atoms with Gasteiger partial charge in [0.2, 0.25) is 0 Å². The molecule has 0 fully saturated rings. The third-order valence-corrected chi connectivity index (χ3v) is 0.950. The maximum Gasteiger partial charge on any atom is 0.0832 e. The summed E-state index contributed by atoms with van der Waals surface area (Å²) in [6, 6.07) is 2.11. The van der Waals surface area contributed by atoms with Crippen LogP contribution in [0.3, 0.4) is 0 Å². The summed E-state index contributed by atoms with van der Waals surface area (Å²) >= 11 is 0. The van der Waals surface area contributed by atoms with E-state index in [2.05, 4.69) is 11.4 Å². The molecule has 0 spiro atoms. The zero-order valence-electron chi connectivity index (χ0n) is 3.89. The van der Waals surface area contributed by atoms with Crippen molar-refractivity contribution in [3.8, 4) is 6.07 Å². The van der Waals surface area contributed by atoms with Crippen LogP contribution in [0.1, 0.15) is 0 Å². The van der Waals surface area contributed by atoms with Crippen LogP contribution in [0.4, 0.5) is 0 Å². The highest BCUT2D eigenvalue weighted by Gasteiger charge is 2.03. The largest absolute Gasteiger partial charge is 0.389 e. The summed E-state index contributed by atoms with van der Waals surface area (Å²) < 4.78 is 0. The van der Waals surface area contributed by atoms with Crippen LogP contribution >= 0.6 is 0 Å². The normalized spacial score (nSPS) is 26.4. The molecule has 7 heavy (non-hydrogen) atoms. The van der Waals surface area contributed by atoms with E-state index < -0.39 is 0 Å². The van der Waals surface area contributed by atoms with E-state index in [1.165, 1.54) is 0 Å². The Morgan fingerprint density at radius 2 is 2.71 bits per heavy atom. The second-order valence-electron chi connectivity index (χ2n) is 1.50. The van der Waals surface area contributed by atoms with Crippen molar-refractivity contribution in [3.63, 3.8) is 0 Å². The highest BCUT2D eigenvalue weighted by molar-refractivity contribution is 5.05. The molecular weight excluding hydrogens is 88.1 g/mol. The Hall–Kier alpha value is -0.970. The second-order valence-corrected chi connectivity index (χ2v) is 1.50. The van der Waals surface area contributed by atoms with Crippen molar-refractivity contribution in [2.24, 2.45) is 5.92 Å². The Morgan fingerprint density at radius 1 is 1.86 bits per heavy atom. The standard InChI is InChI=1S/C5H6N2/c6-3-5-1-2-7-4-5/h1-2,5,7H,4H2/t5-/m1/s1. The fraction of sp³-hybridized carbons (Fsp3) is 0.400. The Labute approximate surface area is 42.4 Å². The van der Waals surface area contributed by atoms with Gasteiger partial charge in [-0.15, -0.1) is 0 Å². The lowest BCUT2D eigenvalue weighted by Gasteiger charge is -1.88. The molecule has 0 aromatic heterocycles. The van der Waals surface area contributed by atoms with Crippen LogP contribution in [0.5, 0.6) is 0 Å². The van der Waals surface area contributed by atoms with Gasteiger partial charge in [-0.2, -0.15) is 5.26 Å². The van der Waals surface area contributed by atoms with Gasteiger partial charge in [0.05, 0.1) is 12.0 Å². The van der Waals surface area contributed by atoms with Crippen LogP contribution in [-0.4, -0.2) is 6.54 Å². The quantitative estimate of drug-likeness (QED) is 0.467. The lowest BCUT2D eigenvalue weighted by atomic mass is 10.2. The van der Waals surface area contributed by atoms with Gasteiger partial charge in [-0.05, 0) is 12.3 Å². The van der Waals surface area contributed by atoms with Gasteiger partial charge < -0.3 is 5.32 Å². The molecule has 1 atom stereocenters. The Kier molecular flexibility index (Phi) is 0.991. The Morgan fingerprint density at radius 3 is 3.00 bits per heavy atom. The second kappa shape index (κ2) is 1.65. The number of nitrogens with zero attached hydrogens (tertiary/aromatic N) is 1. The molecule has 0 bridgehead atoms. The summed E-state index contributed by atoms with van der Waals surface area (Å²) in [5.74, 6) is 0.111. The van der Waals surface area contributed by atoms with Crippen LogP contribution in [0.25, 0.3) is 0 Å². The van der Waals surface area contributed by atoms with Crippen LogP contribution in [-0.2, 0) is 0 Å². The summed E-state index contributed by atoms with van der Waals surface area (Å²) in [5, 5.41) is 11.1. The van der Waals surface area contributed by atoms with Gasteiger partial charge in [0.1, 0.15) is 0 Å². The summed E-state index contributed by atoms with van der Waals surface area (Å²) in [6.07, 6.45) is 3.67. The number of nitriles is 1. The van der Waals surface area contributed by atoms with Crippen LogP contribution in [0.15, 0.2) is 12.3 Å². The zero-order valence-corrected chi connectivity index (χ0v) is 3.89. The zero-order chi connectivity index (χ0) is 5.11. The molecule has 0 unspecified atom stereocenters. The Balaban J connectivity index is 2.47. The van der Waals surface area contributed by atoms with Crippen molar-refractivity contribution in [3.05, 3.63) is 12.3 Å². The minimum absolute atomic E-state index is 0.111. The summed E-state index contributed by atoms with van der Waals surface area (Å²) in [6.45, 7) is 0.788. The predicted molar refractivity (Wildman–Crippen MR) is 26.2 cm³/mol. The molecular formula is C5H6N2. The molecule has 36 valence electrons. The van der Waals surface area contributed by atoms with Gasteiger partial charge in [-0.25, -0.2) is 0 Å². The SMILES string of the molecule is N#C[C@H]1C=CNC1. The van der Waals surface area contributed by atoms with Gasteiger partial charge >= 0.3 is 0 Å². The third-order valence-electron chi connectivity index (χ3n) is 0.950. The molecule has 1 aliphatic heterocycles. The van der Waals surface area contributed by atoms with E-state index in [0.717, 1.165) is 6.54 Å². The van der Waals surface area contributed by atoms with Crippen LogP contribution < -0.4 is 5.32 Å². The third kappa shape index (κ3) is 0.716. The fourth-order valence-corrected chi connectivity index (χ4v) is 0.536. The monoisotopic (exact) mass is 94.1 g/mol. The molecule has 0 saturated carbocycles. The molecule has 2 nitrogen and oxygen atoms in total. The number of nitrogens with one attached hydrogen (secondary N) is 1. The highest BCUT2D eigenvalue weighted by atomic mass is 14.9. The molecule has 1 rings (SSSR count). The van der Waals surface area contributed by atoms with Gasteiger partial charge in [-0.3, -0.25) is 0 Å². The maximum atomic E-state index is 8.22. The molecule has 1 heterocycles. The van der Waals surface area contributed by atoms with Crippen LogP contribution in [0.2, 0.25) is 0 Å². The summed E-state index contributed by atoms with van der Waals surface area (Å²) in [4.78, 5) is 0. The molecule has 0 saturated heterocycles. The van der Waals surface area contributed by atoms with Gasteiger partial charge in [0.25, 0.3) is 0 Å². The first-order valence-corrected chi connectivity index (χ1v) is 2.23. The van der Waals surface area contributed by atoms with Crippen molar-refractivity contribution in [2.75, 3.05) is 6.54 Å². The molecule has 1 aliphatic rings. The van der Waals surface area contributed by atoms with Crippen LogP contribution in [0, 0.1) is 17.2 Å². The van der Waals surface area contributed by atoms with Gasteiger partial charge in [0.15, 0.2) is 0 Å². The first-order valence-electron chi connectivity index (χ1n) is 2.23. The topological polar surface area (TPSA) is 35.8 Å². The van der Waals surface area contributed by atoms with E-state index in [9.17, 15) is 0 Å². The molecule has 0 radical (unpaired) electrons. The first kappa shape index (κ1) is 4.20. The molecule has 0 aromatic carbocycles. The summed E-state index contributed by atoms with van der Waals surface area (Å²) in [7, 11) is 0. The van der Waals surface area contributed by atoms with Crippen molar-refractivity contribution in [1.82, 2.24) is 5.32 Å². The van der Waals surface area contributed by atoms with E-state index in [1.54, 1.807) is 0 Å². The van der Waals surface area contributed by atoms with E-state index in [1.807, 2.05) is 12.3 Å². The van der Waals surface area contributed by atoms with Gasteiger partial charge in [0, 0.05) is 6.54 Å². The van der Waals surface area contributed by atoms with E-state index in [-0.39, 0.29) is 5.92 Å². The van der Waals surface area contributed by atoms with Crippen molar-refractivity contribution in [2.45, 2.75) is 0 Å². The molecule has 0 aliphatic carbocycles. The lowest BCUT2D eigenvalue weighted by Crippen LogP contribution is -2.05. The van der Waals surface area contributed by atoms with Gasteiger partial charge in [-0.1, -0.05) is 0 Å². The molecule has 0 amide bonds. The summed E-state index contributed by atoms with van der Waals surface area (Å²) in [5.41, 5.74) is 0. The molecule has 0 aromatic rings. The minimum Gasteiger partial charge on any atom is -0.389 e. The average Bonchev–Trinajstić information content (AvgIpc) is 2.14.